The SMILES string of the molecule is O=C(O)[C@H]1CCN(C(=O)c2cn(Cc3cccc(F)c3)nn2)C1. The van der Waals surface area contributed by atoms with E-state index in [0.717, 1.165) is 0 Å². The summed E-state index contributed by atoms with van der Waals surface area (Å²) in [7, 11) is 0. The third-order valence-electron chi connectivity index (χ3n) is 3.82. The molecule has 7 nitrogen and oxygen atoms in total. The lowest BCUT2D eigenvalue weighted by molar-refractivity contribution is -0.141. The van der Waals surface area contributed by atoms with E-state index < -0.39 is 11.9 Å². The maximum absolute atomic E-state index is 13.2. The number of carboxylic acids is 1. The highest BCUT2D eigenvalue weighted by atomic mass is 19.1. The molecule has 0 aliphatic carbocycles. The van der Waals surface area contributed by atoms with E-state index in [1.54, 1.807) is 12.1 Å². The zero-order valence-corrected chi connectivity index (χ0v) is 12.2. The summed E-state index contributed by atoms with van der Waals surface area (Å²) in [5.41, 5.74) is 0.869. The van der Waals surface area contributed by atoms with Crippen molar-refractivity contribution >= 4 is 11.9 Å². The van der Waals surface area contributed by atoms with Gasteiger partial charge in [-0.25, -0.2) is 9.07 Å². The van der Waals surface area contributed by atoms with Gasteiger partial charge in [0.05, 0.1) is 18.7 Å². The molecule has 0 radical (unpaired) electrons. The van der Waals surface area contributed by atoms with E-state index in [-0.39, 0.29) is 24.0 Å². The number of hydrogen-bond donors (Lipinski definition) is 1. The van der Waals surface area contributed by atoms with Crippen LogP contribution in [0.25, 0.3) is 0 Å². The fraction of sp³-hybridized carbons (Fsp3) is 0.333. The number of likely N-dealkylation sites (tertiary alicyclic amines) is 1. The average Bonchev–Trinajstić information content (AvgIpc) is 3.15. The number of halogens is 1. The second-order valence-electron chi connectivity index (χ2n) is 5.51. The van der Waals surface area contributed by atoms with E-state index in [1.165, 1.54) is 27.9 Å². The van der Waals surface area contributed by atoms with Crippen LogP contribution in [0.1, 0.15) is 22.5 Å². The summed E-state index contributed by atoms with van der Waals surface area (Å²) in [6.45, 7) is 0.882. The lowest BCUT2D eigenvalue weighted by Gasteiger charge is -2.13. The molecule has 2 heterocycles. The highest BCUT2D eigenvalue weighted by Crippen LogP contribution is 2.18. The topological polar surface area (TPSA) is 88.3 Å². The Morgan fingerprint density at radius 2 is 2.22 bits per heavy atom. The van der Waals surface area contributed by atoms with Gasteiger partial charge in [0.2, 0.25) is 0 Å². The van der Waals surface area contributed by atoms with Gasteiger partial charge in [-0.1, -0.05) is 17.3 Å². The highest BCUT2D eigenvalue weighted by molar-refractivity contribution is 5.92. The summed E-state index contributed by atoms with van der Waals surface area (Å²) < 4.78 is 14.6. The number of hydrogen-bond acceptors (Lipinski definition) is 4. The lowest BCUT2D eigenvalue weighted by atomic mass is 10.1. The Labute approximate surface area is 131 Å². The molecule has 120 valence electrons. The Hall–Kier alpha value is -2.77. The average molecular weight is 318 g/mol. The molecule has 1 saturated heterocycles. The Balaban J connectivity index is 1.67. The van der Waals surface area contributed by atoms with Gasteiger partial charge < -0.3 is 10.0 Å². The van der Waals surface area contributed by atoms with Crippen molar-refractivity contribution in [2.45, 2.75) is 13.0 Å². The van der Waals surface area contributed by atoms with Crippen LogP contribution in [0.5, 0.6) is 0 Å². The van der Waals surface area contributed by atoms with Gasteiger partial charge in [-0.15, -0.1) is 5.10 Å². The van der Waals surface area contributed by atoms with Crippen LogP contribution in [-0.2, 0) is 11.3 Å². The molecule has 1 N–H and O–H groups in total. The Bertz CT molecular complexity index is 746. The largest absolute Gasteiger partial charge is 0.481 e. The quantitative estimate of drug-likeness (QED) is 0.909. The first-order chi connectivity index (χ1) is 11.0. The van der Waals surface area contributed by atoms with Crippen LogP contribution in [0, 0.1) is 11.7 Å². The molecular formula is C15H15FN4O3. The predicted molar refractivity (Wildman–Crippen MR) is 77.2 cm³/mol. The normalized spacial score (nSPS) is 17.4. The number of aromatic nitrogens is 3. The van der Waals surface area contributed by atoms with Crippen molar-refractivity contribution in [2.75, 3.05) is 13.1 Å². The molecule has 1 aliphatic heterocycles. The maximum Gasteiger partial charge on any atom is 0.308 e. The van der Waals surface area contributed by atoms with Gasteiger partial charge in [0.25, 0.3) is 5.91 Å². The van der Waals surface area contributed by atoms with E-state index in [9.17, 15) is 14.0 Å². The highest BCUT2D eigenvalue weighted by Gasteiger charge is 2.32. The minimum atomic E-state index is -0.893. The van der Waals surface area contributed by atoms with Crippen LogP contribution >= 0.6 is 0 Å². The molecule has 2 aromatic rings. The summed E-state index contributed by atoms with van der Waals surface area (Å²) in [6.07, 6.45) is 1.93. The zero-order chi connectivity index (χ0) is 16.4. The molecule has 0 spiro atoms. The molecule has 0 unspecified atom stereocenters. The molecule has 1 fully saturated rings. The van der Waals surface area contributed by atoms with Gasteiger partial charge in [0.15, 0.2) is 5.69 Å². The maximum atomic E-state index is 13.2. The lowest BCUT2D eigenvalue weighted by Crippen LogP contribution is -2.30. The van der Waals surface area contributed by atoms with Crippen molar-refractivity contribution < 1.29 is 19.1 Å². The predicted octanol–water partition coefficient (Wildman–Crippen LogP) is 1.01. The molecule has 0 saturated carbocycles. The number of carboxylic acid groups (broad SMARTS) is 1. The van der Waals surface area contributed by atoms with E-state index in [0.29, 0.717) is 25.1 Å². The zero-order valence-electron chi connectivity index (χ0n) is 12.2. The van der Waals surface area contributed by atoms with Crippen LogP contribution in [0.4, 0.5) is 4.39 Å². The second-order valence-corrected chi connectivity index (χ2v) is 5.51. The summed E-state index contributed by atoms with van der Waals surface area (Å²) in [4.78, 5) is 24.7. The summed E-state index contributed by atoms with van der Waals surface area (Å²) in [5, 5.41) is 16.7. The molecule has 0 bridgehead atoms. The van der Waals surface area contributed by atoms with Crippen molar-refractivity contribution in [3.05, 3.63) is 47.5 Å². The first-order valence-electron chi connectivity index (χ1n) is 7.19. The second kappa shape index (κ2) is 6.15. The summed E-state index contributed by atoms with van der Waals surface area (Å²) >= 11 is 0. The molecule has 8 heteroatoms. The number of carbonyl (C=O) groups is 2. The van der Waals surface area contributed by atoms with Crippen LogP contribution in [-0.4, -0.2) is 50.0 Å². The minimum Gasteiger partial charge on any atom is -0.481 e. The smallest absolute Gasteiger partial charge is 0.308 e. The van der Waals surface area contributed by atoms with Gasteiger partial charge in [0, 0.05) is 13.1 Å². The minimum absolute atomic E-state index is 0.160. The number of nitrogens with zero attached hydrogens (tertiary/aromatic N) is 4. The van der Waals surface area contributed by atoms with Gasteiger partial charge in [-0.05, 0) is 24.1 Å². The van der Waals surface area contributed by atoms with E-state index >= 15 is 0 Å². The van der Waals surface area contributed by atoms with Gasteiger partial charge in [-0.3, -0.25) is 9.59 Å². The molecule has 1 aromatic carbocycles. The van der Waals surface area contributed by atoms with Crippen molar-refractivity contribution in [1.29, 1.82) is 0 Å². The van der Waals surface area contributed by atoms with Crippen LogP contribution < -0.4 is 0 Å². The van der Waals surface area contributed by atoms with Crippen LogP contribution in [0.3, 0.4) is 0 Å². The number of benzene rings is 1. The van der Waals surface area contributed by atoms with E-state index in [2.05, 4.69) is 10.3 Å². The fourth-order valence-electron chi connectivity index (χ4n) is 2.60. The molecule has 23 heavy (non-hydrogen) atoms. The molecule has 1 aromatic heterocycles. The first-order valence-corrected chi connectivity index (χ1v) is 7.19. The molecular weight excluding hydrogens is 303 g/mol. The van der Waals surface area contributed by atoms with Crippen molar-refractivity contribution in [2.24, 2.45) is 5.92 Å². The molecule has 1 amide bonds. The molecule has 1 atom stereocenters. The standard InChI is InChI=1S/C15H15FN4O3/c16-12-3-1-2-10(6-12)7-20-9-13(17-18-20)14(21)19-5-4-11(8-19)15(22)23/h1-3,6,9,11H,4-5,7-8H2,(H,22,23)/t11-/m0/s1. The number of amides is 1. The first kappa shape index (κ1) is 15.1. The van der Waals surface area contributed by atoms with Crippen molar-refractivity contribution in [3.63, 3.8) is 0 Å². The number of carbonyl (C=O) groups excluding carboxylic acids is 1. The Kier molecular flexibility index (Phi) is 4.05. The van der Waals surface area contributed by atoms with Gasteiger partial charge in [-0.2, -0.15) is 0 Å². The fourth-order valence-corrected chi connectivity index (χ4v) is 2.60. The van der Waals surface area contributed by atoms with Crippen molar-refractivity contribution in [1.82, 2.24) is 19.9 Å². The van der Waals surface area contributed by atoms with E-state index in [4.69, 9.17) is 5.11 Å². The van der Waals surface area contributed by atoms with Gasteiger partial charge in [0.1, 0.15) is 5.82 Å². The van der Waals surface area contributed by atoms with Crippen molar-refractivity contribution in [3.8, 4) is 0 Å². The number of rotatable bonds is 4. The third-order valence-corrected chi connectivity index (χ3v) is 3.82. The molecule has 3 rings (SSSR count). The number of aliphatic carboxylic acids is 1. The third kappa shape index (κ3) is 3.36. The van der Waals surface area contributed by atoms with E-state index in [1.807, 2.05) is 0 Å². The monoisotopic (exact) mass is 318 g/mol. The Morgan fingerprint density at radius 1 is 1.39 bits per heavy atom. The van der Waals surface area contributed by atoms with Gasteiger partial charge >= 0.3 is 5.97 Å². The summed E-state index contributed by atoms with van der Waals surface area (Å²) in [6, 6.07) is 6.10. The molecule has 1 aliphatic rings. The Morgan fingerprint density at radius 3 is 2.91 bits per heavy atom. The summed E-state index contributed by atoms with van der Waals surface area (Å²) in [5.74, 6) is -2.09. The van der Waals surface area contributed by atoms with Crippen LogP contribution in [0.2, 0.25) is 0 Å². The van der Waals surface area contributed by atoms with Crippen LogP contribution in [0.15, 0.2) is 30.5 Å².